The van der Waals surface area contributed by atoms with E-state index in [9.17, 15) is 0 Å². The van der Waals surface area contributed by atoms with Crippen molar-refractivity contribution in [2.24, 2.45) is 10.7 Å². The Morgan fingerprint density at radius 1 is 1.60 bits per heavy atom. The first-order valence-corrected chi connectivity index (χ1v) is 5.05. The Kier molecular flexibility index (Phi) is 4.59. The van der Waals surface area contributed by atoms with Gasteiger partial charge in [-0.25, -0.2) is 4.99 Å². The van der Waals surface area contributed by atoms with Crippen molar-refractivity contribution in [2.75, 3.05) is 6.54 Å². The van der Waals surface area contributed by atoms with Gasteiger partial charge in [0, 0.05) is 13.5 Å². The molecule has 0 amide bonds. The SMILES string of the molecule is CCCCNC(N)=NCc1noc(C)n1. The summed E-state index contributed by atoms with van der Waals surface area (Å²) in [6.07, 6.45) is 2.21. The number of aryl methyl sites for hydroxylation is 1. The van der Waals surface area contributed by atoms with Crippen molar-refractivity contribution in [2.45, 2.75) is 33.2 Å². The number of rotatable bonds is 5. The topological polar surface area (TPSA) is 89.3 Å². The van der Waals surface area contributed by atoms with E-state index in [-0.39, 0.29) is 0 Å². The fourth-order valence-electron chi connectivity index (χ4n) is 1.01. The number of nitrogens with two attached hydrogens (primary N) is 1. The second-order valence-electron chi connectivity index (χ2n) is 3.21. The normalized spacial score (nSPS) is 11.7. The van der Waals surface area contributed by atoms with E-state index in [1.165, 1.54) is 0 Å². The maximum atomic E-state index is 5.62. The van der Waals surface area contributed by atoms with Crippen LogP contribution in [0.3, 0.4) is 0 Å². The minimum absolute atomic E-state index is 0.350. The Labute approximate surface area is 89.0 Å². The first kappa shape index (κ1) is 11.5. The number of hydrogen-bond acceptors (Lipinski definition) is 4. The molecule has 84 valence electrons. The summed E-state index contributed by atoms with van der Waals surface area (Å²) in [6.45, 7) is 5.06. The number of nitrogens with one attached hydrogen (secondary N) is 1. The largest absolute Gasteiger partial charge is 0.370 e. The monoisotopic (exact) mass is 211 g/mol. The zero-order valence-corrected chi connectivity index (χ0v) is 9.16. The van der Waals surface area contributed by atoms with E-state index in [4.69, 9.17) is 10.3 Å². The Morgan fingerprint density at radius 3 is 3.00 bits per heavy atom. The zero-order valence-electron chi connectivity index (χ0n) is 9.16. The van der Waals surface area contributed by atoms with Crippen LogP contribution in [0.15, 0.2) is 9.52 Å². The van der Waals surface area contributed by atoms with Crippen LogP contribution in [-0.4, -0.2) is 22.6 Å². The smallest absolute Gasteiger partial charge is 0.223 e. The minimum Gasteiger partial charge on any atom is -0.370 e. The van der Waals surface area contributed by atoms with Crippen LogP contribution in [0.25, 0.3) is 0 Å². The molecule has 0 radical (unpaired) electrons. The highest BCUT2D eigenvalue weighted by Gasteiger charge is 2.00. The molecule has 0 unspecified atom stereocenters. The number of aromatic nitrogens is 2. The van der Waals surface area contributed by atoms with Crippen LogP contribution in [-0.2, 0) is 6.54 Å². The fourth-order valence-corrected chi connectivity index (χ4v) is 1.01. The van der Waals surface area contributed by atoms with Crippen molar-refractivity contribution in [3.63, 3.8) is 0 Å². The third-order valence-corrected chi connectivity index (χ3v) is 1.80. The Morgan fingerprint density at radius 2 is 2.40 bits per heavy atom. The highest BCUT2D eigenvalue weighted by atomic mass is 16.5. The third kappa shape index (κ3) is 4.44. The molecule has 0 aromatic carbocycles. The van der Waals surface area contributed by atoms with Gasteiger partial charge in [-0.05, 0) is 6.42 Å². The predicted octanol–water partition coefficient (Wildman–Crippen LogP) is 0.582. The summed E-state index contributed by atoms with van der Waals surface area (Å²) >= 11 is 0. The molecule has 0 aliphatic heterocycles. The van der Waals surface area contributed by atoms with E-state index in [0.717, 1.165) is 19.4 Å². The van der Waals surface area contributed by atoms with E-state index >= 15 is 0 Å². The van der Waals surface area contributed by atoms with E-state index in [2.05, 4.69) is 27.4 Å². The summed E-state index contributed by atoms with van der Waals surface area (Å²) in [4.78, 5) is 8.09. The van der Waals surface area contributed by atoms with Gasteiger partial charge in [-0.2, -0.15) is 4.98 Å². The summed E-state index contributed by atoms with van der Waals surface area (Å²) < 4.78 is 4.80. The molecule has 6 heteroatoms. The summed E-state index contributed by atoms with van der Waals surface area (Å²) in [5, 5.41) is 6.71. The minimum atomic E-state index is 0.350. The number of nitrogens with zero attached hydrogens (tertiary/aromatic N) is 3. The van der Waals surface area contributed by atoms with Crippen molar-refractivity contribution in [1.29, 1.82) is 0 Å². The van der Waals surface area contributed by atoms with E-state index < -0.39 is 0 Å². The number of guanidine groups is 1. The standard InChI is InChI=1S/C9H17N5O/c1-3-4-5-11-9(10)12-6-8-13-7(2)15-14-8/h3-6H2,1-2H3,(H3,10,11,12). The van der Waals surface area contributed by atoms with Gasteiger partial charge < -0.3 is 15.6 Å². The number of hydrogen-bond donors (Lipinski definition) is 2. The lowest BCUT2D eigenvalue weighted by atomic mass is 10.3. The van der Waals surface area contributed by atoms with Gasteiger partial charge in [-0.3, -0.25) is 0 Å². The van der Waals surface area contributed by atoms with Crippen molar-refractivity contribution in [3.8, 4) is 0 Å². The maximum Gasteiger partial charge on any atom is 0.223 e. The lowest BCUT2D eigenvalue weighted by Gasteiger charge is -2.02. The van der Waals surface area contributed by atoms with Gasteiger partial charge in [-0.15, -0.1) is 0 Å². The van der Waals surface area contributed by atoms with Crippen molar-refractivity contribution in [3.05, 3.63) is 11.7 Å². The molecule has 0 saturated carbocycles. The number of unbranched alkanes of at least 4 members (excludes halogenated alkanes) is 1. The number of aliphatic imine (C=N–C) groups is 1. The molecule has 1 aromatic heterocycles. The van der Waals surface area contributed by atoms with Gasteiger partial charge in [0.05, 0.1) is 0 Å². The van der Waals surface area contributed by atoms with Crippen molar-refractivity contribution < 1.29 is 4.52 Å². The molecule has 0 aliphatic rings. The molecule has 0 spiro atoms. The first-order valence-electron chi connectivity index (χ1n) is 5.05. The molecule has 1 aromatic rings. The van der Waals surface area contributed by atoms with Crippen LogP contribution in [0.5, 0.6) is 0 Å². The zero-order chi connectivity index (χ0) is 11.1. The van der Waals surface area contributed by atoms with Gasteiger partial charge >= 0.3 is 0 Å². The molecule has 0 atom stereocenters. The van der Waals surface area contributed by atoms with Crippen molar-refractivity contribution in [1.82, 2.24) is 15.5 Å². The quantitative estimate of drug-likeness (QED) is 0.422. The van der Waals surface area contributed by atoms with Crippen LogP contribution >= 0.6 is 0 Å². The molecule has 0 saturated heterocycles. The van der Waals surface area contributed by atoms with Crippen LogP contribution in [0, 0.1) is 6.92 Å². The lowest BCUT2D eigenvalue weighted by Crippen LogP contribution is -2.32. The van der Waals surface area contributed by atoms with E-state index in [1.54, 1.807) is 6.92 Å². The molecule has 15 heavy (non-hydrogen) atoms. The Balaban J connectivity index is 2.30. The van der Waals surface area contributed by atoms with Crippen LogP contribution in [0.4, 0.5) is 0 Å². The maximum absolute atomic E-state index is 5.62. The highest BCUT2D eigenvalue weighted by molar-refractivity contribution is 5.77. The van der Waals surface area contributed by atoms with Crippen LogP contribution in [0.1, 0.15) is 31.5 Å². The van der Waals surface area contributed by atoms with Crippen molar-refractivity contribution >= 4 is 5.96 Å². The Bertz CT molecular complexity index is 320. The van der Waals surface area contributed by atoms with Crippen LogP contribution in [0.2, 0.25) is 0 Å². The second-order valence-corrected chi connectivity index (χ2v) is 3.21. The fraction of sp³-hybridized carbons (Fsp3) is 0.667. The summed E-state index contributed by atoms with van der Waals surface area (Å²) in [6, 6.07) is 0. The van der Waals surface area contributed by atoms with Gasteiger partial charge in [-0.1, -0.05) is 18.5 Å². The molecule has 6 nitrogen and oxygen atoms in total. The van der Waals surface area contributed by atoms with E-state index in [0.29, 0.717) is 24.2 Å². The second kappa shape index (κ2) is 6.00. The van der Waals surface area contributed by atoms with E-state index in [1.807, 2.05) is 0 Å². The molecular formula is C9H17N5O. The molecule has 1 heterocycles. The average Bonchev–Trinajstić information content (AvgIpc) is 2.62. The van der Waals surface area contributed by atoms with Gasteiger partial charge in [0.1, 0.15) is 6.54 Å². The van der Waals surface area contributed by atoms with Gasteiger partial charge in [0.2, 0.25) is 5.89 Å². The first-order chi connectivity index (χ1) is 7.22. The molecular weight excluding hydrogens is 194 g/mol. The summed E-state index contributed by atoms with van der Waals surface area (Å²) in [5.74, 6) is 1.51. The van der Waals surface area contributed by atoms with Gasteiger partial charge in [0.15, 0.2) is 11.8 Å². The molecule has 3 N–H and O–H groups in total. The predicted molar refractivity (Wildman–Crippen MR) is 57.3 cm³/mol. The average molecular weight is 211 g/mol. The summed E-state index contributed by atoms with van der Waals surface area (Å²) in [7, 11) is 0. The van der Waals surface area contributed by atoms with Gasteiger partial charge in [0.25, 0.3) is 0 Å². The Hall–Kier alpha value is -1.59. The molecule has 0 aliphatic carbocycles. The molecule has 1 rings (SSSR count). The molecule has 0 fully saturated rings. The third-order valence-electron chi connectivity index (χ3n) is 1.80. The summed E-state index contributed by atoms with van der Waals surface area (Å²) in [5.41, 5.74) is 5.62. The lowest BCUT2D eigenvalue weighted by molar-refractivity contribution is 0.387. The highest BCUT2D eigenvalue weighted by Crippen LogP contribution is 1.95. The molecule has 0 bridgehead atoms. The van der Waals surface area contributed by atoms with Crippen LogP contribution < -0.4 is 11.1 Å².